The molecule has 1 aliphatic carbocycles. The first-order valence-electron chi connectivity index (χ1n) is 7.56. The van der Waals surface area contributed by atoms with E-state index in [-0.39, 0.29) is 6.03 Å². The summed E-state index contributed by atoms with van der Waals surface area (Å²) in [6.45, 7) is 0.799. The Morgan fingerprint density at radius 3 is 2.60 bits per heavy atom. The zero-order chi connectivity index (χ0) is 14.1. The van der Waals surface area contributed by atoms with Gasteiger partial charge >= 0.3 is 12.0 Å². The molecule has 3 fully saturated rings. The number of rotatable bonds is 1. The van der Waals surface area contributed by atoms with E-state index in [0.717, 1.165) is 19.4 Å². The molecule has 2 heterocycles. The molecule has 0 aromatic heterocycles. The first-order chi connectivity index (χ1) is 9.68. The Labute approximate surface area is 123 Å². The van der Waals surface area contributed by atoms with Gasteiger partial charge < -0.3 is 14.9 Å². The van der Waals surface area contributed by atoms with Crippen molar-refractivity contribution in [3.8, 4) is 0 Å². The second-order valence-corrected chi connectivity index (χ2v) is 7.05. The molecule has 0 radical (unpaired) electrons. The van der Waals surface area contributed by atoms with Crippen molar-refractivity contribution in [3.05, 3.63) is 0 Å². The third-order valence-electron chi connectivity index (χ3n) is 4.90. The van der Waals surface area contributed by atoms with Gasteiger partial charge in [-0.15, -0.1) is 11.8 Å². The number of urea groups is 1. The molecule has 1 N–H and O–H groups in total. The smallest absolute Gasteiger partial charge is 0.327 e. The molecule has 3 rings (SSSR count). The van der Waals surface area contributed by atoms with Gasteiger partial charge in [0.1, 0.15) is 6.04 Å². The molecule has 2 aliphatic heterocycles. The van der Waals surface area contributed by atoms with Gasteiger partial charge in [-0.1, -0.05) is 12.8 Å². The van der Waals surface area contributed by atoms with Crippen molar-refractivity contribution in [2.24, 2.45) is 5.92 Å². The lowest BCUT2D eigenvalue weighted by molar-refractivity contribution is -0.141. The van der Waals surface area contributed by atoms with Crippen molar-refractivity contribution >= 4 is 23.8 Å². The molecule has 0 bridgehead atoms. The van der Waals surface area contributed by atoms with E-state index in [0.29, 0.717) is 23.6 Å². The van der Waals surface area contributed by atoms with Crippen LogP contribution in [0, 0.1) is 5.92 Å². The SMILES string of the molecule is O=C(O)[C@@H]1CSCN1C(=O)N1CCC[C@H]2CCCC[C@H]21. The lowest BCUT2D eigenvalue weighted by atomic mass is 9.78. The molecule has 5 nitrogen and oxygen atoms in total. The topological polar surface area (TPSA) is 60.9 Å². The van der Waals surface area contributed by atoms with Crippen molar-refractivity contribution in [1.29, 1.82) is 0 Å². The Morgan fingerprint density at radius 2 is 1.80 bits per heavy atom. The summed E-state index contributed by atoms with van der Waals surface area (Å²) in [4.78, 5) is 27.5. The van der Waals surface area contributed by atoms with E-state index in [4.69, 9.17) is 0 Å². The number of aliphatic carboxylic acids is 1. The fraction of sp³-hybridized carbons (Fsp3) is 0.857. The number of thioether (sulfide) groups is 1. The molecule has 20 heavy (non-hydrogen) atoms. The second kappa shape index (κ2) is 5.84. The Bertz CT molecular complexity index is 402. The molecule has 1 saturated carbocycles. The summed E-state index contributed by atoms with van der Waals surface area (Å²) in [5, 5.41) is 9.24. The maximum atomic E-state index is 12.7. The van der Waals surface area contributed by atoms with E-state index >= 15 is 0 Å². The molecule has 2 saturated heterocycles. The number of carboxylic acids is 1. The van der Waals surface area contributed by atoms with Crippen LogP contribution in [0.2, 0.25) is 0 Å². The average molecular weight is 298 g/mol. The summed E-state index contributed by atoms with van der Waals surface area (Å²) in [5.41, 5.74) is 0. The summed E-state index contributed by atoms with van der Waals surface area (Å²) in [5.74, 6) is 0.799. The summed E-state index contributed by atoms with van der Waals surface area (Å²) in [7, 11) is 0. The molecule has 0 aromatic carbocycles. The van der Waals surface area contributed by atoms with E-state index < -0.39 is 12.0 Å². The number of likely N-dealkylation sites (tertiary alicyclic amines) is 1. The van der Waals surface area contributed by atoms with Crippen LogP contribution in [-0.2, 0) is 4.79 Å². The Hall–Kier alpha value is -0.910. The van der Waals surface area contributed by atoms with Crippen LogP contribution in [-0.4, -0.2) is 57.2 Å². The number of hydrogen-bond donors (Lipinski definition) is 1. The number of amides is 2. The van der Waals surface area contributed by atoms with Crippen molar-refractivity contribution in [2.75, 3.05) is 18.2 Å². The Morgan fingerprint density at radius 1 is 1.05 bits per heavy atom. The molecular weight excluding hydrogens is 276 g/mol. The van der Waals surface area contributed by atoms with E-state index in [1.165, 1.54) is 37.4 Å². The number of piperidine rings is 1. The summed E-state index contributed by atoms with van der Waals surface area (Å²) in [6.07, 6.45) is 7.08. The zero-order valence-corrected chi connectivity index (χ0v) is 12.5. The van der Waals surface area contributed by atoms with Crippen molar-refractivity contribution in [2.45, 2.75) is 50.6 Å². The molecule has 3 atom stereocenters. The molecule has 2 amide bonds. The predicted octanol–water partition coefficient (Wildman–Crippen LogP) is 2.22. The van der Waals surface area contributed by atoms with Gasteiger partial charge in [-0.3, -0.25) is 0 Å². The van der Waals surface area contributed by atoms with Gasteiger partial charge in [-0.2, -0.15) is 0 Å². The fourth-order valence-corrected chi connectivity index (χ4v) is 5.00. The average Bonchev–Trinajstić information content (AvgIpc) is 2.95. The van der Waals surface area contributed by atoms with Gasteiger partial charge in [-0.05, 0) is 31.6 Å². The molecular formula is C14H22N2O3S. The molecule has 112 valence electrons. The van der Waals surface area contributed by atoms with Crippen LogP contribution in [0.5, 0.6) is 0 Å². The first-order valence-corrected chi connectivity index (χ1v) is 8.71. The number of fused-ring (bicyclic) bond motifs is 1. The maximum absolute atomic E-state index is 12.7. The Balaban J connectivity index is 1.73. The fourth-order valence-electron chi connectivity index (χ4n) is 3.86. The van der Waals surface area contributed by atoms with Crippen LogP contribution in [0.15, 0.2) is 0 Å². The zero-order valence-electron chi connectivity index (χ0n) is 11.7. The van der Waals surface area contributed by atoms with Gasteiger partial charge in [0, 0.05) is 18.3 Å². The van der Waals surface area contributed by atoms with Gasteiger partial charge in [0.2, 0.25) is 0 Å². The minimum atomic E-state index is -0.874. The normalized spacial score (nSPS) is 33.9. The maximum Gasteiger partial charge on any atom is 0.327 e. The molecule has 0 spiro atoms. The number of hydrogen-bond acceptors (Lipinski definition) is 3. The molecule has 6 heteroatoms. The van der Waals surface area contributed by atoms with Crippen LogP contribution < -0.4 is 0 Å². The minimum absolute atomic E-state index is 0.0426. The third kappa shape index (κ3) is 2.50. The largest absolute Gasteiger partial charge is 0.480 e. The molecule has 0 unspecified atom stereocenters. The third-order valence-corrected chi connectivity index (χ3v) is 5.91. The first kappa shape index (κ1) is 14.0. The summed E-state index contributed by atoms with van der Waals surface area (Å²) < 4.78 is 0. The van der Waals surface area contributed by atoms with Crippen molar-refractivity contribution in [1.82, 2.24) is 9.80 Å². The van der Waals surface area contributed by atoms with Gasteiger partial charge in [0.05, 0.1) is 5.88 Å². The number of carboxylic acid groups (broad SMARTS) is 1. The van der Waals surface area contributed by atoms with Crippen LogP contribution in [0.4, 0.5) is 4.79 Å². The standard InChI is InChI=1S/C14H22N2O3S/c17-13(18)12-8-20-9-16(12)14(19)15-7-3-5-10-4-1-2-6-11(10)15/h10-12H,1-9H2,(H,17,18)/t10-,11-,12+/m1/s1. The highest BCUT2D eigenvalue weighted by Gasteiger charge is 2.42. The summed E-state index contributed by atoms with van der Waals surface area (Å²) in [6, 6.07) is -0.333. The van der Waals surface area contributed by atoms with E-state index in [1.807, 2.05) is 4.90 Å². The van der Waals surface area contributed by atoms with Crippen LogP contribution in [0.1, 0.15) is 38.5 Å². The van der Waals surface area contributed by atoms with Crippen molar-refractivity contribution in [3.63, 3.8) is 0 Å². The van der Waals surface area contributed by atoms with E-state index in [1.54, 1.807) is 4.90 Å². The van der Waals surface area contributed by atoms with Crippen LogP contribution in [0.25, 0.3) is 0 Å². The van der Waals surface area contributed by atoms with Gasteiger partial charge in [0.15, 0.2) is 0 Å². The number of carbonyl (C=O) groups is 2. The highest BCUT2D eigenvalue weighted by molar-refractivity contribution is 7.99. The monoisotopic (exact) mass is 298 g/mol. The van der Waals surface area contributed by atoms with E-state index in [9.17, 15) is 14.7 Å². The quantitative estimate of drug-likeness (QED) is 0.806. The highest BCUT2D eigenvalue weighted by atomic mass is 32.2. The van der Waals surface area contributed by atoms with E-state index in [2.05, 4.69) is 0 Å². The second-order valence-electron chi connectivity index (χ2n) is 6.05. The molecule has 0 aromatic rings. The van der Waals surface area contributed by atoms with Gasteiger partial charge in [-0.25, -0.2) is 9.59 Å². The van der Waals surface area contributed by atoms with Crippen LogP contribution >= 0.6 is 11.8 Å². The Kier molecular flexibility index (Phi) is 4.10. The number of carbonyl (C=O) groups excluding carboxylic acids is 1. The minimum Gasteiger partial charge on any atom is -0.480 e. The van der Waals surface area contributed by atoms with Gasteiger partial charge in [0.25, 0.3) is 0 Å². The molecule has 3 aliphatic rings. The lowest BCUT2D eigenvalue weighted by Crippen LogP contribution is -2.56. The highest BCUT2D eigenvalue weighted by Crippen LogP contribution is 2.36. The van der Waals surface area contributed by atoms with Crippen molar-refractivity contribution < 1.29 is 14.7 Å². The summed E-state index contributed by atoms with van der Waals surface area (Å²) >= 11 is 1.54. The van der Waals surface area contributed by atoms with Crippen LogP contribution in [0.3, 0.4) is 0 Å². The number of nitrogens with zero attached hydrogens (tertiary/aromatic N) is 2. The predicted molar refractivity (Wildman–Crippen MR) is 77.7 cm³/mol. The lowest BCUT2D eigenvalue weighted by Gasteiger charge is -2.45.